The molecule has 2 rings (SSSR count). The second-order valence-electron chi connectivity index (χ2n) is 4.80. The summed E-state index contributed by atoms with van der Waals surface area (Å²) in [6.07, 6.45) is 2.69. The molecule has 1 fully saturated rings. The van der Waals surface area contributed by atoms with Gasteiger partial charge in [0.25, 0.3) is 0 Å². The van der Waals surface area contributed by atoms with Gasteiger partial charge >= 0.3 is 0 Å². The molecule has 18 heavy (non-hydrogen) atoms. The molecule has 0 spiro atoms. The van der Waals surface area contributed by atoms with Crippen molar-refractivity contribution in [1.29, 1.82) is 0 Å². The number of methoxy groups -OCH3 is 1. The molecule has 0 aromatic heterocycles. The molecule has 100 valence electrons. The Kier molecular flexibility index (Phi) is 5.03. The molecule has 1 aromatic rings. The largest absolute Gasteiger partial charge is 0.487 e. The zero-order chi connectivity index (χ0) is 13.0. The van der Waals surface area contributed by atoms with Crippen molar-refractivity contribution in [3.8, 4) is 5.75 Å². The van der Waals surface area contributed by atoms with Crippen LogP contribution >= 0.6 is 15.9 Å². The fourth-order valence-corrected chi connectivity index (χ4v) is 2.30. The standard InChI is InChI=1S/C14H20BrNO2/c1-10(9-17-2)18-14-6-3-11(7-13(14)15)8-16-12-4-5-12/h3,6-7,10,12,16H,4-5,8-9H2,1-2H3. The molecule has 1 atom stereocenters. The summed E-state index contributed by atoms with van der Waals surface area (Å²) in [6.45, 7) is 3.52. The third kappa shape index (κ3) is 4.26. The fraction of sp³-hybridized carbons (Fsp3) is 0.571. The van der Waals surface area contributed by atoms with Gasteiger partial charge in [0.1, 0.15) is 11.9 Å². The van der Waals surface area contributed by atoms with Gasteiger partial charge in [0.05, 0.1) is 11.1 Å². The Balaban J connectivity index is 1.90. The molecule has 1 unspecified atom stereocenters. The van der Waals surface area contributed by atoms with Crippen molar-refractivity contribution in [3.63, 3.8) is 0 Å². The normalized spacial score (nSPS) is 16.6. The summed E-state index contributed by atoms with van der Waals surface area (Å²) >= 11 is 3.56. The van der Waals surface area contributed by atoms with Crippen LogP contribution in [-0.2, 0) is 11.3 Å². The van der Waals surface area contributed by atoms with E-state index in [1.807, 2.05) is 13.0 Å². The quantitative estimate of drug-likeness (QED) is 0.839. The number of nitrogens with one attached hydrogen (secondary N) is 1. The summed E-state index contributed by atoms with van der Waals surface area (Å²) in [5, 5.41) is 3.50. The lowest BCUT2D eigenvalue weighted by molar-refractivity contribution is 0.0915. The van der Waals surface area contributed by atoms with Gasteiger partial charge in [-0.15, -0.1) is 0 Å². The van der Waals surface area contributed by atoms with Crippen molar-refractivity contribution in [2.45, 2.75) is 38.5 Å². The number of halogens is 1. The first-order chi connectivity index (χ1) is 8.69. The van der Waals surface area contributed by atoms with Crippen LogP contribution in [0.25, 0.3) is 0 Å². The van der Waals surface area contributed by atoms with Gasteiger partial charge in [-0.25, -0.2) is 0 Å². The van der Waals surface area contributed by atoms with Gasteiger partial charge in [0, 0.05) is 19.7 Å². The summed E-state index contributed by atoms with van der Waals surface area (Å²) in [4.78, 5) is 0. The van der Waals surface area contributed by atoms with E-state index in [1.165, 1.54) is 18.4 Å². The Labute approximate surface area is 117 Å². The molecule has 0 radical (unpaired) electrons. The van der Waals surface area contributed by atoms with E-state index in [4.69, 9.17) is 9.47 Å². The van der Waals surface area contributed by atoms with Gasteiger partial charge in [0.15, 0.2) is 0 Å². The minimum absolute atomic E-state index is 0.0572. The minimum atomic E-state index is 0.0572. The second-order valence-corrected chi connectivity index (χ2v) is 5.66. The lowest BCUT2D eigenvalue weighted by atomic mass is 10.2. The van der Waals surface area contributed by atoms with Crippen molar-refractivity contribution in [3.05, 3.63) is 28.2 Å². The molecular weight excluding hydrogens is 294 g/mol. The summed E-state index contributed by atoms with van der Waals surface area (Å²) in [7, 11) is 1.68. The second kappa shape index (κ2) is 6.55. The SMILES string of the molecule is COCC(C)Oc1ccc(CNC2CC2)cc1Br. The molecule has 0 saturated heterocycles. The fourth-order valence-electron chi connectivity index (χ4n) is 1.79. The maximum absolute atomic E-state index is 5.79. The Morgan fingerprint density at radius 1 is 1.44 bits per heavy atom. The van der Waals surface area contributed by atoms with E-state index in [9.17, 15) is 0 Å². The molecule has 1 N–H and O–H groups in total. The zero-order valence-corrected chi connectivity index (χ0v) is 12.5. The number of hydrogen-bond donors (Lipinski definition) is 1. The molecule has 4 heteroatoms. The molecule has 3 nitrogen and oxygen atoms in total. The van der Waals surface area contributed by atoms with Crippen molar-refractivity contribution < 1.29 is 9.47 Å². The van der Waals surface area contributed by atoms with Crippen molar-refractivity contribution in [2.24, 2.45) is 0 Å². The Morgan fingerprint density at radius 3 is 2.83 bits per heavy atom. The summed E-state index contributed by atoms with van der Waals surface area (Å²) in [5.74, 6) is 0.870. The van der Waals surface area contributed by atoms with Crippen LogP contribution in [0.3, 0.4) is 0 Å². The topological polar surface area (TPSA) is 30.5 Å². The van der Waals surface area contributed by atoms with Crippen LogP contribution in [0, 0.1) is 0 Å². The van der Waals surface area contributed by atoms with E-state index in [1.54, 1.807) is 7.11 Å². The highest BCUT2D eigenvalue weighted by atomic mass is 79.9. The Bertz CT molecular complexity index is 393. The van der Waals surface area contributed by atoms with Gasteiger partial charge in [-0.2, -0.15) is 0 Å². The van der Waals surface area contributed by atoms with E-state index in [0.29, 0.717) is 6.61 Å². The lowest BCUT2D eigenvalue weighted by Gasteiger charge is -2.15. The van der Waals surface area contributed by atoms with E-state index in [-0.39, 0.29) is 6.10 Å². The van der Waals surface area contributed by atoms with Crippen LogP contribution in [-0.4, -0.2) is 25.9 Å². The molecule has 0 heterocycles. The van der Waals surface area contributed by atoms with Crippen LogP contribution in [0.15, 0.2) is 22.7 Å². The van der Waals surface area contributed by atoms with Crippen molar-refractivity contribution in [1.82, 2.24) is 5.32 Å². The molecule has 1 aliphatic carbocycles. The van der Waals surface area contributed by atoms with Crippen molar-refractivity contribution >= 4 is 15.9 Å². The van der Waals surface area contributed by atoms with Crippen LogP contribution in [0.1, 0.15) is 25.3 Å². The monoisotopic (exact) mass is 313 g/mol. The molecule has 0 bridgehead atoms. The minimum Gasteiger partial charge on any atom is -0.487 e. The molecular formula is C14H20BrNO2. The van der Waals surface area contributed by atoms with Crippen LogP contribution in [0.2, 0.25) is 0 Å². The van der Waals surface area contributed by atoms with Gasteiger partial charge < -0.3 is 14.8 Å². The number of benzene rings is 1. The van der Waals surface area contributed by atoms with Crippen LogP contribution < -0.4 is 10.1 Å². The smallest absolute Gasteiger partial charge is 0.134 e. The summed E-state index contributed by atoms with van der Waals surface area (Å²) < 4.78 is 11.8. The lowest BCUT2D eigenvalue weighted by Crippen LogP contribution is -2.18. The molecule has 1 aromatic carbocycles. The average molecular weight is 314 g/mol. The zero-order valence-electron chi connectivity index (χ0n) is 10.9. The molecule has 1 aliphatic rings. The van der Waals surface area contributed by atoms with Gasteiger partial charge in [-0.1, -0.05) is 6.07 Å². The van der Waals surface area contributed by atoms with E-state index < -0.39 is 0 Å². The molecule has 0 amide bonds. The highest BCUT2D eigenvalue weighted by Crippen LogP contribution is 2.27. The van der Waals surface area contributed by atoms with E-state index >= 15 is 0 Å². The number of ether oxygens (including phenoxy) is 2. The first-order valence-corrected chi connectivity index (χ1v) is 7.15. The number of rotatable bonds is 7. The first-order valence-electron chi connectivity index (χ1n) is 6.36. The van der Waals surface area contributed by atoms with Crippen molar-refractivity contribution in [2.75, 3.05) is 13.7 Å². The third-order valence-corrected chi connectivity index (χ3v) is 3.52. The predicted octanol–water partition coefficient (Wildman–Crippen LogP) is 3.11. The summed E-state index contributed by atoms with van der Waals surface area (Å²) in [6, 6.07) is 6.97. The number of hydrogen-bond acceptors (Lipinski definition) is 3. The van der Waals surface area contributed by atoms with Crippen LogP contribution in [0.4, 0.5) is 0 Å². The van der Waals surface area contributed by atoms with Gasteiger partial charge in [0.2, 0.25) is 0 Å². The van der Waals surface area contributed by atoms with E-state index in [2.05, 4.69) is 33.4 Å². The molecule has 1 saturated carbocycles. The Hall–Kier alpha value is -0.580. The Morgan fingerprint density at radius 2 is 2.22 bits per heavy atom. The van der Waals surface area contributed by atoms with E-state index in [0.717, 1.165) is 22.8 Å². The molecule has 0 aliphatic heterocycles. The average Bonchev–Trinajstić information content (AvgIpc) is 3.14. The maximum Gasteiger partial charge on any atom is 0.134 e. The highest BCUT2D eigenvalue weighted by molar-refractivity contribution is 9.10. The maximum atomic E-state index is 5.79. The van der Waals surface area contributed by atoms with Crippen LogP contribution in [0.5, 0.6) is 5.75 Å². The predicted molar refractivity (Wildman–Crippen MR) is 76.0 cm³/mol. The summed E-state index contributed by atoms with van der Waals surface area (Å²) in [5.41, 5.74) is 1.28. The third-order valence-electron chi connectivity index (χ3n) is 2.90. The van der Waals surface area contributed by atoms with Gasteiger partial charge in [-0.3, -0.25) is 0 Å². The van der Waals surface area contributed by atoms with Gasteiger partial charge in [-0.05, 0) is 53.4 Å². The highest BCUT2D eigenvalue weighted by Gasteiger charge is 2.20. The first kappa shape index (κ1) is 13.8.